The van der Waals surface area contributed by atoms with Gasteiger partial charge in [-0.3, -0.25) is 5.10 Å². The topological polar surface area (TPSA) is 53.8 Å². The van der Waals surface area contributed by atoms with Crippen LogP contribution >= 0.6 is 12.2 Å². The lowest BCUT2D eigenvalue weighted by Crippen LogP contribution is -2.15. The van der Waals surface area contributed by atoms with Gasteiger partial charge in [0.25, 0.3) is 0 Å². The van der Waals surface area contributed by atoms with Crippen LogP contribution in [0.1, 0.15) is 51.8 Å². The highest BCUT2D eigenvalue weighted by atomic mass is 32.1. The zero-order chi connectivity index (χ0) is 14.4. The number of nitrogens with one attached hydrogen (secondary N) is 1. The fraction of sp³-hybridized carbons (Fsp3) is 0.714. The molecule has 0 unspecified atom stereocenters. The van der Waals surface area contributed by atoms with E-state index in [-0.39, 0.29) is 12.0 Å². The van der Waals surface area contributed by atoms with Gasteiger partial charge in [-0.25, -0.2) is 0 Å². The van der Waals surface area contributed by atoms with E-state index < -0.39 is 0 Å². The van der Waals surface area contributed by atoms with E-state index in [0.29, 0.717) is 23.7 Å². The fourth-order valence-electron chi connectivity index (χ4n) is 2.25. The Labute approximate surface area is 120 Å². The molecule has 108 valence electrons. The van der Waals surface area contributed by atoms with Gasteiger partial charge >= 0.3 is 0 Å². The van der Waals surface area contributed by atoms with E-state index in [1.54, 1.807) is 0 Å². The molecule has 0 aliphatic rings. The van der Waals surface area contributed by atoms with E-state index in [2.05, 4.69) is 30.6 Å². The summed E-state index contributed by atoms with van der Waals surface area (Å²) in [6.07, 6.45) is 4.32. The molecule has 0 aliphatic heterocycles. The van der Waals surface area contributed by atoms with Crippen molar-refractivity contribution >= 4 is 12.2 Å². The molecule has 0 spiro atoms. The van der Waals surface area contributed by atoms with Crippen LogP contribution in [-0.2, 0) is 6.54 Å². The zero-order valence-electron chi connectivity index (χ0n) is 12.1. The number of aliphatic hydroxyl groups is 1. The SMILES string of the molecule is C=CCn1c([C@@H](CCC(C)C)C[C@@H](C)O)n[nH]c1=S. The number of aromatic nitrogens is 3. The third-order valence-corrected chi connectivity index (χ3v) is 3.49. The summed E-state index contributed by atoms with van der Waals surface area (Å²) in [5, 5.41) is 16.9. The van der Waals surface area contributed by atoms with Crippen molar-refractivity contribution in [3.8, 4) is 0 Å². The van der Waals surface area contributed by atoms with Gasteiger partial charge < -0.3 is 9.67 Å². The quantitative estimate of drug-likeness (QED) is 0.568. The van der Waals surface area contributed by atoms with Crippen molar-refractivity contribution in [2.24, 2.45) is 5.92 Å². The van der Waals surface area contributed by atoms with Crippen molar-refractivity contribution in [1.29, 1.82) is 0 Å². The van der Waals surface area contributed by atoms with Gasteiger partial charge in [-0.1, -0.05) is 26.3 Å². The lowest BCUT2D eigenvalue weighted by atomic mass is 9.92. The highest BCUT2D eigenvalue weighted by molar-refractivity contribution is 7.71. The van der Waals surface area contributed by atoms with Crippen molar-refractivity contribution < 1.29 is 5.11 Å². The van der Waals surface area contributed by atoms with Crippen molar-refractivity contribution in [2.45, 2.75) is 58.6 Å². The molecule has 19 heavy (non-hydrogen) atoms. The fourth-order valence-corrected chi connectivity index (χ4v) is 2.46. The summed E-state index contributed by atoms with van der Waals surface area (Å²) in [5.41, 5.74) is 0. The van der Waals surface area contributed by atoms with Crippen molar-refractivity contribution in [2.75, 3.05) is 0 Å². The average molecular weight is 283 g/mol. The average Bonchev–Trinajstić information content (AvgIpc) is 2.67. The third-order valence-electron chi connectivity index (χ3n) is 3.18. The minimum Gasteiger partial charge on any atom is -0.393 e. The number of allylic oxidation sites excluding steroid dienone is 1. The predicted molar refractivity (Wildman–Crippen MR) is 80.7 cm³/mol. The molecule has 0 aliphatic carbocycles. The maximum atomic E-state index is 9.68. The Morgan fingerprint density at radius 2 is 2.11 bits per heavy atom. The summed E-state index contributed by atoms with van der Waals surface area (Å²) < 4.78 is 2.59. The number of rotatable bonds is 8. The monoisotopic (exact) mass is 283 g/mol. The minimum atomic E-state index is -0.334. The first-order valence-corrected chi connectivity index (χ1v) is 7.30. The van der Waals surface area contributed by atoms with Gasteiger partial charge in [0.2, 0.25) is 0 Å². The summed E-state index contributed by atoms with van der Waals surface area (Å²) in [4.78, 5) is 0. The molecule has 2 N–H and O–H groups in total. The van der Waals surface area contributed by atoms with E-state index in [1.165, 1.54) is 0 Å². The van der Waals surface area contributed by atoms with Gasteiger partial charge in [0.1, 0.15) is 5.82 Å². The Kier molecular flexibility index (Phi) is 6.45. The minimum absolute atomic E-state index is 0.232. The molecule has 1 aromatic heterocycles. The van der Waals surface area contributed by atoms with Crippen LogP contribution in [0.2, 0.25) is 0 Å². The second-order valence-corrected chi connectivity index (χ2v) is 5.93. The molecular formula is C14H25N3OS. The molecule has 0 fully saturated rings. The Morgan fingerprint density at radius 3 is 2.63 bits per heavy atom. The molecule has 5 heteroatoms. The molecule has 1 rings (SSSR count). The first kappa shape index (κ1) is 16.1. The van der Waals surface area contributed by atoms with Crippen LogP contribution in [0.4, 0.5) is 0 Å². The van der Waals surface area contributed by atoms with Crippen LogP contribution in [0.3, 0.4) is 0 Å². The molecular weight excluding hydrogens is 258 g/mol. The number of nitrogens with zero attached hydrogens (tertiary/aromatic N) is 2. The highest BCUT2D eigenvalue weighted by Gasteiger charge is 2.20. The normalized spacial score (nSPS) is 14.6. The van der Waals surface area contributed by atoms with E-state index >= 15 is 0 Å². The Hall–Kier alpha value is -0.940. The van der Waals surface area contributed by atoms with Crippen LogP contribution in [0.5, 0.6) is 0 Å². The Balaban J connectivity index is 2.95. The standard InChI is InChI=1S/C14H25N3OS/c1-5-8-17-13(15-16-14(17)19)12(9-11(4)18)7-6-10(2)3/h5,10-12,18H,1,6-9H2,2-4H3,(H,16,19)/t11-,12+/m1/s1. The lowest BCUT2D eigenvalue weighted by molar-refractivity contribution is 0.169. The van der Waals surface area contributed by atoms with Gasteiger partial charge in [0.15, 0.2) is 4.77 Å². The Bertz CT molecular complexity index is 448. The molecule has 2 atom stereocenters. The summed E-state index contributed by atoms with van der Waals surface area (Å²) in [6.45, 7) is 10.6. The lowest BCUT2D eigenvalue weighted by Gasteiger charge is -2.19. The maximum absolute atomic E-state index is 9.68. The van der Waals surface area contributed by atoms with E-state index in [0.717, 1.165) is 18.7 Å². The van der Waals surface area contributed by atoms with Gasteiger partial charge in [0, 0.05) is 12.5 Å². The molecule has 0 bridgehead atoms. The Morgan fingerprint density at radius 1 is 1.42 bits per heavy atom. The van der Waals surface area contributed by atoms with E-state index in [4.69, 9.17) is 12.2 Å². The van der Waals surface area contributed by atoms with Gasteiger partial charge in [0.05, 0.1) is 6.10 Å². The number of hydrogen-bond acceptors (Lipinski definition) is 3. The predicted octanol–water partition coefficient (Wildman–Crippen LogP) is 3.42. The van der Waals surface area contributed by atoms with Crippen LogP contribution in [0.15, 0.2) is 12.7 Å². The molecule has 0 radical (unpaired) electrons. The van der Waals surface area contributed by atoms with Gasteiger partial charge in [-0.2, -0.15) is 5.10 Å². The molecule has 1 heterocycles. The second-order valence-electron chi connectivity index (χ2n) is 5.54. The number of hydrogen-bond donors (Lipinski definition) is 2. The molecule has 0 saturated heterocycles. The van der Waals surface area contributed by atoms with Crippen LogP contribution < -0.4 is 0 Å². The number of H-pyrrole nitrogens is 1. The van der Waals surface area contributed by atoms with Crippen LogP contribution in [-0.4, -0.2) is 26.0 Å². The number of aliphatic hydroxyl groups excluding tert-OH is 1. The van der Waals surface area contributed by atoms with E-state index in [1.807, 2.05) is 17.6 Å². The zero-order valence-corrected chi connectivity index (χ0v) is 12.9. The van der Waals surface area contributed by atoms with Crippen LogP contribution in [0.25, 0.3) is 0 Å². The van der Waals surface area contributed by atoms with Crippen LogP contribution in [0, 0.1) is 10.7 Å². The molecule has 0 saturated carbocycles. The van der Waals surface area contributed by atoms with Gasteiger partial charge in [-0.15, -0.1) is 6.58 Å². The number of aromatic amines is 1. The van der Waals surface area contributed by atoms with Crippen molar-refractivity contribution in [3.05, 3.63) is 23.3 Å². The molecule has 0 aromatic carbocycles. The smallest absolute Gasteiger partial charge is 0.195 e. The first-order valence-electron chi connectivity index (χ1n) is 6.89. The molecule has 1 aromatic rings. The second kappa shape index (κ2) is 7.60. The van der Waals surface area contributed by atoms with Gasteiger partial charge in [-0.05, 0) is 37.9 Å². The summed E-state index contributed by atoms with van der Waals surface area (Å²) in [5.74, 6) is 1.81. The summed E-state index contributed by atoms with van der Waals surface area (Å²) >= 11 is 5.24. The molecule has 4 nitrogen and oxygen atoms in total. The maximum Gasteiger partial charge on any atom is 0.195 e. The van der Waals surface area contributed by atoms with E-state index in [9.17, 15) is 5.11 Å². The third kappa shape index (κ3) is 4.91. The molecule has 0 amide bonds. The largest absolute Gasteiger partial charge is 0.393 e. The first-order chi connectivity index (χ1) is 8.95. The highest BCUT2D eigenvalue weighted by Crippen LogP contribution is 2.27. The summed E-state index contributed by atoms with van der Waals surface area (Å²) in [6, 6.07) is 0. The van der Waals surface area contributed by atoms with Crippen molar-refractivity contribution in [3.63, 3.8) is 0 Å². The van der Waals surface area contributed by atoms with Crippen molar-refractivity contribution in [1.82, 2.24) is 14.8 Å². The summed E-state index contributed by atoms with van der Waals surface area (Å²) in [7, 11) is 0.